The number of anilines is 3. The zero-order valence-electron chi connectivity index (χ0n) is 21.5. The second kappa shape index (κ2) is 12.0. The molecule has 4 rings (SSSR count). The van der Waals surface area contributed by atoms with Crippen LogP contribution in [-0.4, -0.2) is 29.3 Å². The first-order chi connectivity index (χ1) is 19.0. The second-order valence-corrected chi connectivity index (χ2v) is 12.4. The van der Waals surface area contributed by atoms with Crippen molar-refractivity contribution in [1.29, 1.82) is 0 Å². The highest BCUT2D eigenvalue weighted by Gasteiger charge is 2.18. The van der Waals surface area contributed by atoms with Crippen molar-refractivity contribution in [3.05, 3.63) is 107 Å². The number of aryl methyl sites for hydroxylation is 1. The first kappa shape index (κ1) is 28.9. The van der Waals surface area contributed by atoms with Gasteiger partial charge >= 0.3 is 0 Å². The van der Waals surface area contributed by atoms with E-state index in [4.69, 9.17) is 16.3 Å². The van der Waals surface area contributed by atoms with Gasteiger partial charge in [-0.3, -0.25) is 14.2 Å². The predicted octanol–water partition coefficient (Wildman–Crippen LogP) is 5.90. The van der Waals surface area contributed by atoms with E-state index in [0.29, 0.717) is 23.7 Å². The number of carbonyl (C=O) groups is 1. The summed E-state index contributed by atoms with van der Waals surface area (Å²) in [5.74, 6) is 0.0179. The van der Waals surface area contributed by atoms with Gasteiger partial charge in [-0.1, -0.05) is 29.3 Å². The van der Waals surface area contributed by atoms with E-state index in [-0.39, 0.29) is 26.1 Å². The molecule has 4 aromatic rings. The van der Waals surface area contributed by atoms with Crippen LogP contribution in [0.3, 0.4) is 0 Å². The molecule has 0 atom stereocenters. The standard InChI is InChI=1S/C28H26ClN3O6S2/c1-3-38-23-11-6-21(7-12-23)31-39(34,35)25-15-8-20(9-16-25)30-28(33)26-18-22(10-17-27(26)29)32-40(36,37)24-13-4-19(2)5-14-24/h4-18,31-32H,3H2,1-2H3,(H,30,33). The van der Waals surface area contributed by atoms with Gasteiger partial charge in [-0.15, -0.1) is 0 Å². The zero-order chi connectivity index (χ0) is 28.9. The van der Waals surface area contributed by atoms with Gasteiger partial charge in [0.1, 0.15) is 5.75 Å². The Morgan fingerprint density at radius 1 is 0.725 bits per heavy atom. The maximum absolute atomic E-state index is 12.9. The first-order valence-electron chi connectivity index (χ1n) is 12.0. The van der Waals surface area contributed by atoms with Crippen LogP contribution in [0.1, 0.15) is 22.8 Å². The number of sulfonamides is 2. The van der Waals surface area contributed by atoms with Crippen molar-refractivity contribution in [2.24, 2.45) is 0 Å². The molecule has 0 saturated heterocycles. The third kappa shape index (κ3) is 7.12. The molecule has 12 heteroatoms. The molecular formula is C28H26ClN3O6S2. The van der Waals surface area contributed by atoms with Crippen LogP contribution in [0.5, 0.6) is 5.75 Å². The van der Waals surface area contributed by atoms with E-state index in [2.05, 4.69) is 14.8 Å². The predicted molar refractivity (Wildman–Crippen MR) is 156 cm³/mol. The lowest BCUT2D eigenvalue weighted by molar-refractivity contribution is 0.102. The number of halogens is 1. The summed E-state index contributed by atoms with van der Waals surface area (Å²) in [4.78, 5) is 13.0. The Balaban J connectivity index is 1.45. The number of benzene rings is 4. The molecule has 0 aromatic heterocycles. The van der Waals surface area contributed by atoms with Gasteiger partial charge in [0.25, 0.3) is 26.0 Å². The van der Waals surface area contributed by atoms with Crippen molar-refractivity contribution < 1.29 is 26.4 Å². The smallest absolute Gasteiger partial charge is 0.261 e. The van der Waals surface area contributed by atoms with Crippen LogP contribution in [0.25, 0.3) is 0 Å². The van der Waals surface area contributed by atoms with E-state index >= 15 is 0 Å². The molecule has 0 fully saturated rings. The minimum Gasteiger partial charge on any atom is -0.494 e. The third-order valence-electron chi connectivity index (χ3n) is 5.63. The number of amides is 1. The van der Waals surface area contributed by atoms with E-state index in [1.54, 1.807) is 36.4 Å². The maximum Gasteiger partial charge on any atom is 0.261 e. The van der Waals surface area contributed by atoms with Crippen molar-refractivity contribution in [3.8, 4) is 5.75 Å². The highest BCUT2D eigenvalue weighted by Crippen LogP contribution is 2.25. The van der Waals surface area contributed by atoms with Gasteiger partial charge < -0.3 is 10.1 Å². The maximum atomic E-state index is 12.9. The number of rotatable bonds is 10. The molecule has 0 bridgehead atoms. The van der Waals surface area contributed by atoms with Crippen molar-refractivity contribution >= 4 is 54.6 Å². The largest absolute Gasteiger partial charge is 0.494 e. The third-order valence-corrected chi connectivity index (χ3v) is 8.76. The summed E-state index contributed by atoms with van der Waals surface area (Å²) in [5.41, 5.74) is 1.77. The average Bonchev–Trinajstić information content (AvgIpc) is 2.91. The van der Waals surface area contributed by atoms with Crippen LogP contribution >= 0.6 is 11.6 Å². The summed E-state index contributed by atoms with van der Waals surface area (Å²) < 4.78 is 61.3. The molecule has 208 valence electrons. The van der Waals surface area contributed by atoms with Gasteiger partial charge in [0.05, 0.1) is 27.0 Å². The molecule has 0 spiro atoms. The van der Waals surface area contributed by atoms with Crippen molar-refractivity contribution in [3.63, 3.8) is 0 Å². The molecule has 40 heavy (non-hydrogen) atoms. The van der Waals surface area contributed by atoms with E-state index in [1.807, 2.05) is 13.8 Å². The van der Waals surface area contributed by atoms with Crippen LogP contribution in [0.15, 0.2) is 101 Å². The summed E-state index contributed by atoms with van der Waals surface area (Å²) >= 11 is 6.22. The van der Waals surface area contributed by atoms with Gasteiger partial charge in [-0.05, 0) is 92.7 Å². The summed E-state index contributed by atoms with van der Waals surface area (Å²) in [6.45, 7) is 4.20. The summed E-state index contributed by atoms with van der Waals surface area (Å²) in [7, 11) is -7.77. The van der Waals surface area contributed by atoms with Gasteiger partial charge in [-0.25, -0.2) is 16.8 Å². The van der Waals surface area contributed by atoms with E-state index in [9.17, 15) is 21.6 Å². The Kier molecular flexibility index (Phi) is 8.67. The van der Waals surface area contributed by atoms with E-state index < -0.39 is 26.0 Å². The Morgan fingerprint density at radius 2 is 1.23 bits per heavy atom. The van der Waals surface area contributed by atoms with Crippen LogP contribution in [0.4, 0.5) is 17.1 Å². The van der Waals surface area contributed by atoms with Crippen molar-refractivity contribution in [2.45, 2.75) is 23.6 Å². The molecule has 0 aliphatic rings. The quantitative estimate of drug-likeness (QED) is 0.208. The lowest BCUT2D eigenvalue weighted by atomic mass is 10.2. The van der Waals surface area contributed by atoms with Crippen molar-refractivity contribution in [2.75, 3.05) is 21.4 Å². The fourth-order valence-corrected chi connectivity index (χ4v) is 5.92. The molecular weight excluding hydrogens is 574 g/mol. The summed E-state index contributed by atoms with van der Waals surface area (Å²) in [6, 6.07) is 22.6. The average molecular weight is 600 g/mol. The highest BCUT2D eigenvalue weighted by molar-refractivity contribution is 7.93. The number of hydrogen-bond donors (Lipinski definition) is 3. The number of ether oxygens (including phenoxy) is 1. The second-order valence-electron chi connectivity index (χ2n) is 8.65. The molecule has 0 aliphatic heterocycles. The number of hydrogen-bond acceptors (Lipinski definition) is 6. The molecule has 0 aliphatic carbocycles. The molecule has 3 N–H and O–H groups in total. The van der Waals surface area contributed by atoms with Crippen LogP contribution in [0.2, 0.25) is 5.02 Å². The minimum atomic E-state index is -3.88. The lowest BCUT2D eigenvalue weighted by Crippen LogP contribution is -2.16. The Hall–Kier alpha value is -4.06. The van der Waals surface area contributed by atoms with Gasteiger partial charge in [0, 0.05) is 17.1 Å². The Bertz CT molecular complexity index is 1720. The molecule has 4 aromatic carbocycles. The molecule has 9 nitrogen and oxygen atoms in total. The van der Waals surface area contributed by atoms with Crippen molar-refractivity contribution in [1.82, 2.24) is 0 Å². The van der Waals surface area contributed by atoms with Gasteiger partial charge in [0.15, 0.2) is 0 Å². The lowest BCUT2D eigenvalue weighted by Gasteiger charge is -2.12. The Morgan fingerprint density at radius 3 is 1.80 bits per heavy atom. The molecule has 0 unspecified atom stereocenters. The molecule has 1 amide bonds. The first-order valence-corrected chi connectivity index (χ1v) is 15.4. The molecule has 0 heterocycles. The topological polar surface area (TPSA) is 131 Å². The summed E-state index contributed by atoms with van der Waals surface area (Å²) in [5, 5.41) is 2.75. The highest BCUT2D eigenvalue weighted by atomic mass is 35.5. The van der Waals surface area contributed by atoms with Gasteiger partial charge in [-0.2, -0.15) is 0 Å². The van der Waals surface area contributed by atoms with Crippen LogP contribution < -0.4 is 19.5 Å². The number of nitrogens with one attached hydrogen (secondary N) is 3. The summed E-state index contributed by atoms with van der Waals surface area (Å²) in [6.07, 6.45) is 0. The minimum absolute atomic E-state index is 0.00933. The monoisotopic (exact) mass is 599 g/mol. The van der Waals surface area contributed by atoms with E-state index in [0.717, 1.165) is 5.56 Å². The fourth-order valence-electron chi connectivity index (χ4n) is 3.61. The number of carbonyl (C=O) groups excluding carboxylic acids is 1. The molecule has 0 saturated carbocycles. The zero-order valence-corrected chi connectivity index (χ0v) is 23.9. The van der Waals surface area contributed by atoms with Crippen LogP contribution in [0, 0.1) is 6.92 Å². The fraction of sp³-hybridized carbons (Fsp3) is 0.107. The van der Waals surface area contributed by atoms with Gasteiger partial charge in [0.2, 0.25) is 0 Å². The molecule has 0 radical (unpaired) electrons. The van der Waals surface area contributed by atoms with Crippen LogP contribution in [-0.2, 0) is 20.0 Å². The normalized spacial score (nSPS) is 11.5. The Labute approximate surface area is 238 Å². The van der Waals surface area contributed by atoms with E-state index in [1.165, 1.54) is 54.6 Å². The SMILES string of the molecule is CCOc1ccc(NS(=O)(=O)c2ccc(NC(=O)c3cc(NS(=O)(=O)c4ccc(C)cc4)ccc3Cl)cc2)cc1.